The Kier molecular flexibility index (Phi) is 3.61. The highest BCUT2D eigenvalue weighted by Gasteiger charge is 2.18. The number of non-ortho nitro benzene ring substituents is 1. The number of fused-ring (bicyclic) bond motifs is 1. The van der Waals surface area contributed by atoms with Gasteiger partial charge in [-0.1, -0.05) is 0 Å². The first-order valence-electron chi connectivity index (χ1n) is 7.02. The van der Waals surface area contributed by atoms with Gasteiger partial charge >= 0.3 is 5.97 Å². The van der Waals surface area contributed by atoms with Gasteiger partial charge in [0.2, 0.25) is 0 Å². The summed E-state index contributed by atoms with van der Waals surface area (Å²) in [5, 5.41) is 19.9. The van der Waals surface area contributed by atoms with Crippen molar-refractivity contribution in [1.82, 2.24) is 4.40 Å². The van der Waals surface area contributed by atoms with Crippen molar-refractivity contribution in [2.75, 3.05) is 0 Å². The number of nitrogens with zero attached hydrogens (tertiary/aromatic N) is 2. The van der Waals surface area contributed by atoms with Crippen LogP contribution in [0.2, 0.25) is 0 Å². The van der Waals surface area contributed by atoms with Crippen LogP contribution in [0, 0.1) is 10.1 Å². The largest absolute Gasteiger partial charge is 0.478 e. The number of ketones is 1. The number of nitro groups is 1. The second-order valence-corrected chi connectivity index (χ2v) is 5.28. The van der Waals surface area contributed by atoms with Crippen LogP contribution in [0.15, 0.2) is 48.7 Å². The minimum Gasteiger partial charge on any atom is -0.478 e. The molecule has 3 aromatic rings. The van der Waals surface area contributed by atoms with E-state index in [0.717, 1.165) is 0 Å². The average molecular weight is 324 g/mol. The standard InChI is InChI=1S/C17H12N2O5/c1-10(20)16-15(11-2-5-13(6-3-11)19(23)24)8-14-7-4-12(17(21)22)9-18(14)16/h2-9H,1H3,(H,21,22). The molecule has 7 heteroatoms. The second-order valence-electron chi connectivity index (χ2n) is 5.28. The zero-order valence-electron chi connectivity index (χ0n) is 12.6. The number of rotatable bonds is 4. The molecule has 0 unspecified atom stereocenters. The summed E-state index contributed by atoms with van der Waals surface area (Å²) in [5.74, 6) is -1.32. The summed E-state index contributed by atoms with van der Waals surface area (Å²) in [6, 6.07) is 10.7. The van der Waals surface area contributed by atoms with Gasteiger partial charge in [0.1, 0.15) is 0 Å². The third-order valence-corrected chi connectivity index (χ3v) is 3.74. The molecule has 3 rings (SSSR count). The van der Waals surface area contributed by atoms with Crippen molar-refractivity contribution in [2.24, 2.45) is 0 Å². The smallest absolute Gasteiger partial charge is 0.337 e. The number of Topliss-reactive ketones (excluding diaryl/α,β-unsaturated/α-hetero) is 1. The molecule has 7 nitrogen and oxygen atoms in total. The van der Waals surface area contributed by atoms with Crippen LogP contribution in [0.25, 0.3) is 16.6 Å². The van der Waals surface area contributed by atoms with Gasteiger partial charge in [-0.15, -0.1) is 0 Å². The number of carbonyl (C=O) groups excluding carboxylic acids is 1. The van der Waals surface area contributed by atoms with Gasteiger partial charge < -0.3 is 9.51 Å². The fourth-order valence-electron chi connectivity index (χ4n) is 2.64. The van der Waals surface area contributed by atoms with E-state index in [9.17, 15) is 19.7 Å². The number of carboxylic acid groups (broad SMARTS) is 1. The highest BCUT2D eigenvalue weighted by Crippen LogP contribution is 2.30. The van der Waals surface area contributed by atoms with Crippen LogP contribution >= 0.6 is 0 Å². The van der Waals surface area contributed by atoms with Crippen molar-refractivity contribution < 1.29 is 19.6 Å². The molecular formula is C17H12N2O5. The highest BCUT2D eigenvalue weighted by molar-refractivity contribution is 6.02. The Labute approximate surface area is 135 Å². The number of aromatic carboxylic acids is 1. The first kappa shape index (κ1) is 15.4. The van der Waals surface area contributed by atoms with Crippen molar-refractivity contribution in [3.05, 3.63) is 70.0 Å². The Morgan fingerprint density at radius 2 is 1.79 bits per heavy atom. The molecule has 0 saturated heterocycles. The van der Waals surface area contributed by atoms with Crippen molar-refractivity contribution in [3.63, 3.8) is 0 Å². The molecule has 0 atom stereocenters. The Balaban J connectivity index is 2.23. The van der Waals surface area contributed by atoms with Gasteiger partial charge in [0.05, 0.1) is 16.2 Å². The van der Waals surface area contributed by atoms with Crippen LogP contribution in [0.4, 0.5) is 5.69 Å². The van der Waals surface area contributed by atoms with Crippen molar-refractivity contribution in [3.8, 4) is 11.1 Å². The maximum Gasteiger partial charge on any atom is 0.337 e. The predicted octanol–water partition coefficient (Wildman–Crippen LogP) is 3.42. The van der Waals surface area contributed by atoms with E-state index in [1.165, 1.54) is 35.7 Å². The van der Waals surface area contributed by atoms with E-state index in [1.54, 1.807) is 24.3 Å². The van der Waals surface area contributed by atoms with Gasteiger partial charge in [-0.2, -0.15) is 0 Å². The average Bonchev–Trinajstić information content (AvgIpc) is 2.93. The Morgan fingerprint density at radius 1 is 1.12 bits per heavy atom. The number of aromatic nitrogens is 1. The van der Waals surface area contributed by atoms with Gasteiger partial charge in [0, 0.05) is 36.3 Å². The highest BCUT2D eigenvalue weighted by atomic mass is 16.6. The summed E-state index contributed by atoms with van der Waals surface area (Å²) in [6.45, 7) is 1.39. The maximum atomic E-state index is 12.1. The molecule has 24 heavy (non-hydrogen) atoms. The predicted molar refractivity (Wildman–Crippen MR) is 86.5 cm³/mol. The van der Waals surface area contributed by atoms with E-state index in [-0.39, 0.29) is 17.0 Å². The number of carbonyl (C=O) groups is 2. The molecule has 0 aliphatic carbocycles. The Morgan fingerprint density at radius 3 is 2.33 bits per heavy atom. The van der Waals surface area contributed by atoms with Gasteiger partial charge in [0.25, 0.3) is 5.69 Å². The third-order valence-electron chi connectivity index (χ3n) is 3.74. The monoisotopic (exact) mass is 324 g/mol. The first-order chi connectivity index (χ1) is 11.4. The van der Waals surface area contributed by atoms with Gasteiger partial charge in [0.15, 0.2) is 5.78 Å². The number of benzene rings is 1. The van der Waals surface area contributed by atoms with Gasteiger partial charge in [-0.25, -0.2) is 4.79 Å². The van der Waals surface area contributed by atoms with E-state index in [0.29, 0.717) is 22.3 Å². The van der Waals surface area contributed by atoms with Crippen LogP contribution in [-0.2, 0) is 0 Å². The lowest BCUT2D eigenvalue weighted by Crippen LogP contribution is -2.04. The van der Waals surface area contributed by atoms with Crippen LogP contribution in [0.5, 0.6) is 0 Å². The van der Waals surface area contributed by atoms with Gasteiger partial charge in [-0.3, -0.25) is 14.9 Å². The number of hydrogen-bond acceptors (Lipinski definition) is 4. The molecule has 120 valence electrons. The van der Waals surface area contributed by atoms with Crippen LogP contribution < -0.4 is 0 Å². The van der Waals surface area contributed by atoms with E-state index in [2.05, 4.69) is 0 Å². The molecule has 0 saturated carbocycles. The molecule has 0 fully saturated rings. The van der Waals surface area contributed by atoms with Crippen LogP contribution in [-0.4, -0.2) is 26.2 Å². The van der Waals surface area contributed by atoms with Gasteiger partial charge in [-0.05, 0) is 35.9 Å². The second kappa shape index (κ2) is 5.62. The number of pyridine rings is 1. The van der Waals surface area contributed by atoms with Crippen molar-refractivity contribution in [1.29, 1.82) is 0 Å². The summed E-state index contributed by atoms with van der Waals surface area (Å²) in [5.41, 5.74) is 2.27. The van der Waals surface area contributed by atoms with Crippen LogP contribution in [0.3, 0.4) is 0 Å². The minimum absolute atomic E-state index is 0.0416. The lowest BCUT2D eigenvalue weighted by molar-refractivity contribution is -0.384. The van der Waals surface area contributed by atoms with Crippen LogP contribution in [0.1, 0.15) is 27.8 Å². The lowest BCUT2D eigenvalue weighted by atomic mass is 10.0. The Hall–Kier alpha value is -3.48. The fraction of sp³-hybridized carbons (Fsp3) is 0.0588. The summed E-state index contributed by atoms with van der Waals surface area (Å²) < 4.78 is 1.53. The SMILES string of the molecule is CC(=O)c1c(-c2ccc([N+](=O)[O-])cc2)cc2ccc(C(=O)O)cn12. The molecule has 2 aromatic heterocycles. The van der Waals surface area contributed by atoms with E-state index in [1.807, 2.05) is 0 Å². The number of hydrogen-bond donors (Lipinski definition) is 1. The van der Waals surface area contributed by atoms with E-state index in [4.69, 9.17) is 5.11 Å². The zero-order valence-corrected chi connectivity index (χ0v) is 12.6. The molecule has 2 heterocycles. The normalized spacial score (nSPS) is 10.7. The van der Waals surface area contributed by atoms with E-state index < -0.39 is 10.9 Å². The summed E-state index contributed by atoms with van der Waals surface area (Å²) in [7, 11) is 0. The van der Waals surface area contributed by atoms with E-state index >= 15 is 0 Å². The topological polar surface area (TPSA) is 102 Å². The molecule has 0 aliphatic heterocycles. The zero-order chi connectivity index (χ0) is 17.4. The summed E-state index contributed by atoms with van der Waals surface area (Å²) in [6.07, 6.45) is 1.39. The summed E-state index contributed by atoms with van der Waals surface area (Å²) >= 11 is 0. The number of nitro benzene ring substituents is 1. The molecule has 0 spiro atoms. The number of carboxylic acids is 1. The molecule has 0 aliphatic rings. The molecule has 0 radical (unpaired) electrons. The Bertz CT molecular complexity index is 986. The molecular weight excluding hydrogens is 312 g/mol. The lowest BCUT2D eigenvalue weighted by Gasteiger charge is -2.04. The quantitative estimate of drug-likeness (QED) is 0.450. The maximum absolute atomic E-state index is 12.1. The van der Waals surface area contributed by atoms with Crippen molar-refractivity contribution >= 4 is 23.0 Å². The molecule has 0 amide bonds. The summed E-state index contributed by atoms with van der Waals surface area (Å²) in [4.78, 5) is 33.5. The molecule has 1 N–H and O–H groups in total. The third kappa shape index (κ3) is 2.52. The fourth-order valence-corrected chi connectivity index (χ4v) is 2.64. The molecule has 0 bridgehead atoms. The first-order valence-corrected chi connectivity index (χ1v) is 7.02. The van der Waals surface area contributed by atoms with Crippen molar-refractivity contribution in [2.45, 2.75) is 6.92 Å². The molecule has 1 aromatic carbocycles. The minimum atomic E-state index is -1.09.